The van der Waals surface area contributed by atoms with Gasteiger partial charge in [0.05, 0.1) is 0 Å². The summed E-state index contributed by atoms with van der Waals surface area (Å²) in [6.07, 6.45) is 0. The molecule has 0 saturated carbocycles. The Labute approximate surface area is 90.8 Å². The van der Waals surface area contributed by atoms with E-state index in [1.54, 1.807) is 0 Å². The molecule has 6 nitrogen and oxygen atoms in total. The van der Waals surface area contributed by atoms with Gasteiger partial charge in [-0.2, -0.15) is 0 Å². The van der Waals surface area contributed by atoms with Crippen LogP contribution in [0.4, 0.5) is 0 Å². The summed E-state index contributed by atoms with van der Waals surface area (Å²) in [6.45, 7) is 0. The standard InChI is InChI=1S/CI2O6P2/c2-1(3,8-10(4)5)9-11(6)7/p+2. The largest absolute Gasteiger partial charge is 0.699 e. The van der Waals surface area contributed by atoms with Crippen LogP contribution in [-0.2, 0) is 18.2 Å². The average molecular weight is 426 g/mol. The Kier molecular flexibility index (Phi) is 6.00. The van der Waals surface area contributed by atoms with Gasteiger partial charge in [0.25, 0.3) is 0 Å². The van der Waals surface area contributed by atoms with E-state index >= 15 is 0 Å². The molecule has 0 aliphatic heterocycles. The highest BCUT2D eigenvalue weighted by molar-refractivity contribution is 14.2. The van der Waals surface area contributed by atoms with Gasteiger partial charge in [-0.3, -0.25) is 0 Å². The molecular weight excluding hydrogens is 424 g/mol. The van der Waals surface area contributed by atoms with E-state index in [-0.39, 0.29) is 0 Å². The molecule has 11 heavy (non-hydrogen) atoms. The van der Waals surface area contributed by atoms with Crippen molar-refractivity contribution in [2.24, 2.45) is 0 Å². The summed E-state index contributed by atoms with van der Waals surface area (Å²) in [6, 6.07) is 0. The first-order valence-electron chi connectivity index (χ1n) is 1.92. The summed E-state index contributed by atoms with van der Waals surface area (Å²) in [5.41, 5.74) is 0. The first-order valence-corrected chi connectivity index (χ1v) is 6.33. The highest BCUT2D eigenvalue weighted by Crippen LogP contribution is 2.43. The Morgan fingerprint density at radius 3 is 1.55 bits per heavy atom. The summed E-state index contributed by atoms with van der Waals surface area (Å²) in [5.74, 6) is 0. The maximum absolute atomic E-state index is 10.1. The van der Waals surface area contributed by atoms with E-state index in [9.17, 15) is 9.13 Å². The topological polar surface area (TPSA) is 93.1 Å². The van der Waals surface area contributed by atoms with Crippen molar-refractivity contribution in [3.63, 3.8) is 0 Å². The van der Waals surface area contributed by atoms with Gasteiger partial charge in [-0.25, -0.2) is 0 Å². The van der Waals surface area contributed by atoms with Crippen LogP contribution >= 0.6 is 61.7 Å². The molecule has 0 aromatic heterocycles. The number of alkyl halides is 2. The van der Waals surface area contributed by atoms with Crippen LogP contribution in [0.1, 0.15) is 0 Å². The predicted molar refractivity (Wildman–Crippen MR) is 52.6 cm³/mol. The highest BCUT2D eigenvalue weighted by Gasteiger charge is 2.44. The molecule has 2 atom stereocenters. The van der Waals surface area contributed by atoms with Crippen molar-refractivity contribution in [1.29, 1.82) is 0 Å². The van der Waals surface area contributed by atoms with E-state index in [0.717, 1.165) is 0 Å². The molecule has 2 N–H and O–H groups in total. The van der Waals surface area contributed by atoms with Crippen molar-refractivity contribution in [2.75, 3.05) is 0 Å². The summed E-state index contributed by atoms with van der Waals surface area (Å²) in [5, 5.41) is 0. The lowest BCUT2D eigenvalue weighted by Gasteiger charge is -2.01. The molecule has 0 heterocycles. The molecule has 0 saturated heterocycles. The molecular formula is CH2I2O6P2+2. The van der Waals surface area contributed by atoms with E-state index in [0.29, 0.717) is 0 Å². The summed E-state index contributed by atoms with van der Waals surface area (Å²) < 4.78 is 27.0. The van der Waals surface area contributed by atoms with E-state index < -0.39 is 18.3 Å². The molecule has 0 spiro atoms. The molecule has 64 valence electrons. The second-order valence-electron chi connectivity index (χ2n) is 1.12. The van der Waals surface area contributed by atoms with Crippen molar-refractivity contribution in [1.82, 2.24) is 0 Å². The number of halogens is 2. The fraction of sp³-hybridized carbons (Fsp3) is 1.00. The van der Waals surface area contributed by atoms with E-state index in [4.69, 9.17) is 9.79 Å². The van der Waals surface area contributed by atoms with Gasteiger partial charge in [0.2, 0.25) is 0 Å². The van der Waals surface area contributed by atoms with Gasteiger partial charge < -0.3 is 0 Å². The van der Waals surface area contributed by atoms with Crippen molar-refractivity contribution in [3.8, 4) is 0 Å². The molecule has 10 heteroatoms. The number of rotatable bonds is 4. The Morgan fingerprint density at radius 1 is 1.09 bits per heavy atom. The third kappa shape index (κ3) is 7.85. The highest BCUT2D eigenvalue weighted by atomic mass is 127. The van der Waals surface area contributed by atoms with E-state index in [2.05, 4.69) is 9.05 Å². The van der Waals surface area contributed by atoms with Gasteiger partial charge in [0.15, 0.2) is 0 Å². The molecule has 0 fully saturated rings. The molecule has 2 unspecified atom stereocenters. The number of hydrogen-bond donors (Lipinski definition) is 2. The minimum Gasteiger partial charge on any atom is -0.133 e. The lowest BCUT2D eigenvalue weighted by Crippen LogP contribution is -2.12. The predicted octanol–water partition coefficient (Wildman–Crippen LogP) is 1.80. The minimum absolute atomic E-state index is 1.46. The van der Waals surface area contributed by atoms with Gasteiger partial charge in [0.1, 0.15) is 0 Å². The van der Waals surface area contributed by atoms with Crippen LogP contribution in [0.15, 0.2) is 0 Å². The van der Waals surface area contributed by atoms with Crippen LogP contribution in [0, 0.1) is 0 Å². The molecule has 0 amide bonds. The fourth-order valence-electron chi connectivity index (χ4n) is 0.198. The molecule has 0 radical (unpaired) electrons. The smallest absolute Gasteiger partial charge is 0.133 e. The van der Waals surface area contributed by atoms with Gasteiger partial charge in [-0.1, -0.05) is 9.05 Å². The second kappa shape index (κ2) is 5.28. The van der Waals surface area contributed by atoms with E-state index in [1.165, 1.54) is 45.2 Å². The maximum Gasteiger partial charge on any atom is 0.699 e. The lowest BCUT2D eigenvalue weighted by molar-refractivity contribution is 0.0774. The summed E-state index contributed by atoms with van der Waals surface area (Å²) in [4.78, 5) is 16.4. The third-order valence-electron chi connectivity index (χ3n) is 0.369. The summed E-state index contributed by atoms with van der Waals surface area (Å²) in [7, 11) is -5.70. The van der Waals surface area contributed by atoms with Crippen LogP contribution in [0.5, 0.6) is 0 Å². The Morgan fingerprint density at radius 2 is 1.36 bits per heavy atom. The molecule has 0 rings (SSSR count). The summed E-state index contributed by atoms with van der Waals surface area (Å²) >= 11 is 2.92. The normalized spacial score (nSPS) is 14.5. The van der Waals surface area contributed by atoms with Crippen LogP contribution in [0.2, 0.25) is 0 Å². The molecule has 0 aliphatic carbocycles. The average Bonchev–Trinajstić information content (AvgIpc) is 1.53. The Bertz CT molecular complexity index is 161. The first-order chi connectivity index (χ1) is 4.83. The van der Waals surface area contributed by atoms with Crippen LogP contribution in [0.3, 0.4) is 0 Å². The Balaban J connectivity index is 3.99. The van der Waals surface area contributed by atoms with Crippen molar-refractivity contribution >= 4 is 61.7 Å². The van der Waals surface area contributed by atoms with Crippen molar-refractivity contribution < 1.29 is 28.0 Å². The quantitative estimate of drug-likeness (QED) is 0.309. The molecule has 0 bridgehead atoms. The number of hydrogen-bond acceptors (Lipinski definition) is 4. The van der Waals surface area contributed by atoms with Gasteiger partial charge in [-0.15, -0.1) is 9.79 Å². The fourth-order valence-corrected chi connectivity index (χ4v) is 2.72. The molecule has 0 aromatic carbocycles. The Hall–Kier alpha value is 1.50. The van der Waals surface area contributed by atoms with Gasteiger partial charge in [-0.05, 0) is 0 Å². The van der Waals surface area contributed by atoms with Crippen LogP contribution in [0.25, 0.3) is 0 Å². The van der Waals surface area contributed by atoms with E-state index in [1.807, 2.05) is 0 Å². The minimum atomic E-state index is -2.85. The zero-order valence-electron chi connectivity index (χ0n) is 4.68. The van der Waals surface area contributed by atoms with Gasteiger partial charge >= 0.3 is 18.3 Å². The SMILES string of the molecule is O=[P+](O)OC(I)(I)O[P+](=O)O. The molecule has 0 aromatic rings. The lowest BCUT2D eigenvalue weighted by atomic mass is 11.5. The van der Waals surface area contributed by atoms with Crippen LogP contribution < -0.4 is 0 Å². The molecule has 0 aliphatic rings. The van der Waals surface area contributed by atoms with Crippen molar-refractivity contribution in [3.05, 3.63) is 0 Å². The maximum atomic E-state index is 10.1. The third-order valence-corrected chi connectivity index (χ3v) is 3.47. The van der Waals surface area contributed by atoms with Gasteiger partial charge in [0, 0.05) is 54.3 Å². The second-order valence-corrected chi connectivity index (χ2v) is 7.34. The van der Waals surface area contributed by atoms with Crippen molar-refractivity contribution in [2.45, 2.75) is 1.80 Å². The zero-order valence-corrected chi connectivity index (χ0v) is 10.8. The first kappa shape index (κ1) is 12.5. The monoisotopic (exact) mass is 426 g/mol. The zero-order chi connectivity index (χ0) is 9.07. The van der Waals surface area contributed by atoms with Crippen LogP contribution in [-0.4, -0.2) is 11.6 Å².